The fourth-order valence-electron chi connectivity index (χ4n) is 1.17. The zero-order valence-electron chi connectivity index (χ0n) is 6.19. The van der Waals surface area contributed by atoms with Crippen molar-refractivity contribution in [3.05, 3.63) is 0 Å². The maximum absolute atomic E-state index is 10.8. The number of rotatable bonds is 3. The predicted octanol–water partition coefficient (Wildman–Crippen LogP) is -0.707. The Hall–Kier alpha value is -0.610. The first-order valence-corrected chi connectivity index (χ1v) is 3.71. The Bertz CT molecular complexity index is 145. The molecule has 0 saturated carbocycles. The van der Waals surface area contributed by atoms with E-state index in [1.54, 1.807) is 0 Å². The zero-order valence-corrected chi connectivity index (χ0v) is 6.19. The second-order valence-corrected chi connectivity index (χ2v) is 2.67. The van der Waals surface area contributed by atoms with Gasteiger partial charge in [0.1, 0.15) is 12.7 Å². The van der Waals surface area contributed by atoms with E-state index < -0.39 is 12.0 Å². The van der Waals surface area contributed by atoms with Crippen LogP contribution in [-0.4, -0.2) is 35.5 Å². The molecule has 0 spiro atoms. The molecule has 1 saturated heterocycles. The number of aliphatic hydroxyl groups is 2. The highest BCUT2D eigenvalue weighted by Crippen LogP contribution is 2.19. The molecule has 1 aliphatic rings. The van der Waals surface area contributed by atoms with Gasteiger partial charge in [0.15, 0.2) is 0 Å². The molecule has 1 aliphatic heterocycles. The number of cyclic esters (lactones) is 1. The van der Waals surface area contributed by atoms with E-state index >= 15 is 0 Å². The Labute approximate surface area is 64.8 Å². The predicted molar refractivity (Wildman–Crippen MR) is 36.8 cm³/mol. The summed E-state index contributed by atoms with van der Waals surface area (Å²) >= 11 is 0. The van der Waals surface area contributed by atoms with Gasteiger partial charge in [0, 0.05) is 6.61 Å². The van der Waals surface area contributed by atoms with Crippen LogP contribution in [0.15, 0.2) is 0 Å². The van der Waals surface area contributed by atoms with Crippen LogP contribution in [0.3, 0.4) is 0 Å². The van der Waals surface area contributed by atoms with Gasteiger partial charge in [-0.15, -0.1) is 0 Å². The Morgan fingerprint density at radius 3 is 2.82 bits per heavy atom. The van der Waals surface area contributed by atoms with Gasteiger partial charge < -0.3 is 14.9 Å². The summed E-state index contributed by atoms with van der Waals surface area (Å²) in [6, 6.07) is 0. The third-order valence-corrected chi connectivity index (χ3v) is 1.84. The first kappa shape index (κ1) is 8.49. The Balaban J connectivity index is 2.35. The van der Waals surface area contributed by atoms with E-state index in [1.807, 2.05) is 0 Å². The van der Waals surface area contributed by atoms with Crippen molar-refractivity contribution < 1.29 is 19.7 Å². The average molecular weight is 160 g/mol. The van der Waals surface area contributed by atoms with Crippen LogP contribution >= 0.6 is 0 Å². The van der Waals surface area contributed by atoms with Gasteiger partial charge in [-0.25, -0.2) is 0 Å². The molecule has 0 aromatic heterocycles. The van der Waals surface area contributed by atoms with Crippen molar-refractivity contribution >= 4 is 5.97 Å². The highest BCUT2D eigenvalue weighted by atomic mass is 16.6. The highest BCUT2D eigenvalue weighted by Gasteiger charge is 2.34. The molecule has 0 aliphatic carbocycles. The number of carbonyl (C=O) groups is 1. The molecular weight excluding hydrogens is 148 g/mol. The van der Waals surface area contributed by atoms with E-state index in [-0.39, 0.29) is 19.2 Å². The van der Waals surface area contributed by atoms with Crippen molar-refractivity contribution in [2.75, 3.05) is 13.2 Å². The van der Waals surface area contributed by atoms with Crippen LogP contribution in [0, 0.1) is 5.92 Å². The monoisotopic (exact) mass is 160 g/mol. The van der Waals surface area contributed by atoms with Crippen LogP contribution in [0.25, 0.3) is 0 Å². The largest absolute Gasteiger partial charge is 0.463 e. The number of ether oxygens (including phenoxy) is 1. The third kappa shape index (κ3) is 1.91. The van der Waals surface area contributed by atoms with Crippen molar-refractivity contribution in [2.45, 2.75) is 18.9 Å². The highest BCUT2D eigenvalue weighted by molar-refractivity contribution is 5.75. The Morgan fingerprint density at radius 1 is 1.64 bits per heavy atom. The summed E-state index contributed by atoms with van der Waals surface area (Å²) < 4.78 is 4.60. The van der Waals surface area contributed by atoms with E-state index in [0.717, 1.165) is 0 Å². The minimum Gasteiger partial charge on any atom is -0.463 e. The Morgan fingerprint density at radius 2 is 2.36 bits per heavy atom. The molecule has 0 radical (unpaired) electrons. The number of hydrogen-bond acceptors (Lipinski definition) is 4. The molecule has 2 unspecified atom stereocenters. The lowest BCUT2D eigenvalue weighted by Crippen LogP contribution is -2.20. The molecule has 4 nitrogen and oxygen atoms in total. The molecule has 1 fully saturated rings. The smallest absolute Gasteiger partial charge is 0.311 e. The van der Waals surface area contributed by atoms with Crippen molar-refractivity contribution in [2.24, 2.45) is 5.92 Å². The van der Waals surface area contributed by atoms with Gasteiger partial charge in [-0.3, -0.25) is 4.79 Å². The fourth-order valence-corrected chi connectivity index (χ4v) is 1.17. The van der Waals surface area contributed by atoms with Crippen LogP contribution in [0.2, 0.25) is 0 Å². The molecule has 11 heavy (non-hydrogen) atoms. The standard InChI is InChI=1S/C7H12O4/c8-3-1-2-5-6(9)4-11-7(5)10/h5-6,8-9H,1-4H2. The first-order valence-electron chi connectivity index (χ1n) is 3.71. The molecular formula is C7H12O4. The molecule has 4 heteroatoms. The third-order valence-electron chi connectivity index (χ3n) is 1.84. The number of esters is 1. The van der Waals surface area contributed by atoms with E-state index in [1.165, 1.54) is 0 Å². The average Bonchev–Trinajstić information content (AvgIpc) is 2.29. The second kappa shape index (κ2) is 3.69. The first-order chi connectivity index (χ1) is 5.25. The van der Waals surface area contributed by atoms with Gasteiger partial charge in [0.25, 0.3) is 0 Å². The molecule has 64 valence electrons. The van der Waals surface area contributed by atoms with Crippen molar-refractivity contribution in [3.8, 4) is 0 Å². The summed E-state index contributed by atoms with van der Waals surface area (Å²) in [7, 11) is 0. The van der Waals surface area contributed by atoms with E-state index in [0.29, 0.717) is 12.8 Å². The molecule has 0 amide bonds. The van der Waals surface area contributed by atoms with Crippen molar-refractivity contribution in [3.63, 3.8) is 0 Å². The van der Waals surface area contributed by atoms with Crippen LogP contribution in [-0.2, 0) is 9.53 Å². The van der Waals surface area contributed by atoms with Crippen LogP contribution in [0.4, 0.5) is 0 Å². The van der Waals surface area contributed by atoms with Crippen LogP contribution < -0.4 is 0 Å². The van der Waals surface area contributed by atoms with Crippen molar-refractivity contribution in [1.82, 2.24) is 0 Å². The Kier molecular flexibility index (Phi) is 2.84. The van der Waals surface area contributed by atoms with Gasteiger partial charge in [0.05, 0.1) is 5.92 Å². The number of carbonyl (C=O) groups excluding carboxylic acids is 1. The summed E-state index contributed by atoms with van der Waals surface area (Å²) in [5.41, 5.74) is 0. The van der Waals surface area contributed by atoms with Gasteiger partial charge in [0.2, 0.25) is 0 Å². The summed E-state index contributed by atoms with van der Waals surface area (Å²) in [5, 5.41) is 17.6. The molecule has 1 rings (SSSR count). The number of aliphatic hydroxyl groups excluding tert-OH is 2. The van der Waals surface area contributed by atoms with Gasteiger partial charge in [-0.05, 0) is 12.8 Å². The quantitative estimate of drug-likeness (QED) is 0.535. The van der Waals surface area contributed by atoms with E-state index in [4.69, 9.17) is 10.2 Å². The minimum absolute atomic E-state index is 0.0521. The maximum Gasteiger partial charge on any atom is 0.311 e. The van der Waals surface area contributed by atoms with Crippen LogP contribution in [0.5, 0.6) is 0 Å². The summed E-state index contributed by atoms with van der Waals surface area (Å²) in [5.74, 6) is -0.756. The van der Waals surface area contributed by atoms with Crippen molar-refractivity contribution in [1.29, 1.82) is 0 Å². The normalized spacial score (nSPS) is 30.5. The van der Waals surface area contributed by atoms with Gasteiger partial charge >= 0.3 is 5.97 Å². The molecule has 0 bridgehead atoms. The fraction of sp³-hybridized carbons (Fsp3) is 0.857. The summed E-state index contributed by atoms with van der Waals surface area (Å²) in [4.78, 5) is 10.8. The van der Waals surface area contributed by atoms with E-state index in [9.17, 15) is 4.79 Å². The topological polar surface area (TPSA) is 66.8 Å². The SMILES string of the molecule is O=C1OCC(O)C1CCCO. The second-order valence-electron chi connectivity index (χ2n) is 2.67. The molecule has 0 aromatic carbocycles. The molecule has 2 N–H and O–H groups in total. The maximum atomic E-state index is 10.8. The lowest BCUT2D eigenvalue weighted by atomic mass is 10.00. The lowest BCUT2D eigenvalue weighted by molar-refractivity contribution is -0.141. The van der Waals surface area contributed by atoms with E-state index in [2.05, 4.69) is 4.74 Å². The lowest BCUT2D eigenvalue weighted by Gasteiger charge is -2.06. The molecule has 2 atom stereocenters. The molecule has 1 heterocycles. The summed E-state index contributed by atoms with van der Waals surface area (Å²) in [6.45, 7) is 0.158. The minimum atomic E-state index is -0.672. The zero-order chi connectivity index (χ0) is 8.27. The number of hydrogen-bond donors (Lipinski definition) is 2. The molecule has 0 aromatic rings. The van der Waals surface area contributed by atoms with Crippen LogP contribution in [0.1, 0.15) is 12.8 Å². The van der Waals surface area contributed by atoms with Gasteiger partial charge in [-0.1, -0.05) is 0 Å². The van der Waals surface area contributed by atoms with Gasteiger partial charge in [-0.2, -0.15) is 0 Å². The summed E-state index contributed by atoms with van der Waals surface area (Å²) in [6.07, 6.45) is 0.377.